The second-order valence-electron chi connectivity index (χ2n) is 7.79. The van der Waals surface area contributed by atoms with Gasteiger partial charge >= 0.3 is 12.1 Å². The van der Waals surface area contributed by atoms with Crippen LogP contribution in [0.3, 0.4) is 0 Å². The first kappa shape index (κ1) is 25.0. The number of hydrogen-bond donors (Lipinski definition) is 1. The van der Waals surface area contributed by atoms with E-state index in [1.165, 1.54) is 29.8 Å². The van der Waals surface area contributed by atoms with E-state index in [0.717, 1.165) is 33.6 Å². The molecule has 36 heavy (non-hydrogen) atoms. The number of benzene rings is 2. The number of amides is 1. The molecule has 12 heteroatoms. The van der Waals surface area contributed by atoms with Crippen LogP contribution in [0.2, 0.25) is 0 Å². The fourth-order valence-electron chi connectivity index (χ4n) is 3.57. The highest BCUT2D eigenvalue weighted by Crippen LogP contribution is 2.24. The molecule has 0 bridgehead atoms. The van der Waals surface area contributed by atoms with E-state index in [2.05, 4.69) is 10.1 Å². The lowest BCUT2D eigenvalue weighted by atomic mass is 10.2. The number of methoxy groups -OCH3 is 1. The molecular formula is C24H20F3N3O5S. The zero-order chi connectivity index (χ0) is 26.0. The van der Waals surface area contributed by atoms with Gasteiger partial charge in [0.2, 0.25) is 0 Å². The van der Waals surface area contributed by atoms with Crippen LogP contribution < -0.4 is 26.0 Å². The quantitative estimate of drug-likeness (QED) is 0.403. The van der Waals surface area contributed by atoms with Crippen molar-refractivity contribution in [3.63, 3.8) is 0 Å². The standard InChI is InChI=1S/C24H20F3N3O5S/c1-29-22-18(11-19(36-22)20(31)28-12-15-4-3-5-17(10-15)34-2)21(32)30(23(29)33)13-14-6-8-16(9-7-14)35-24(25,26)27/h3-11H,12-13H2,1-2H3,(H,28,31). The Labute approximate surface area is 206 Å². The fourth-order valence-corrected chi connectivity index (χ4v) is 4.59. The van der Waals surface area contributed by atoms with Crippen LogP contribution in [0.1, 0.15) is 20.8 Å². The molecule has 0 spiro atoms. The number of nitrogens with one attached hydrogen (secondary N) is 1. The van der Waals surface area contributed by atoms with E-state index < -0.39 is 29.3 Å². The van der Waals surface area contributed by atoms with Crippen molar-refractivity contribution in [1.29, 1.82) is 0 Å². The van der Waals surface area contributed by atoms with Gasteiger partial charge in [0.1, 0.15) is 16.3 Å². The van der Waals surface area contributed by atoms with Gasteiger partial charge in [-0.25, -0.2) is 4.79 Å². The Bertz CT molecular complexity index is 1540. The molecule has 1 amide bonds. The predicted molar refractivity (Wildman–Crippen MR) is 128 cm³/mol. The maximum absolute atomic E-state index is 13.1. The number of rotatable bonds is 7. The van der Waals surface area contributed by atoms with Gasteiger partial charge in [0, 0.05) is 13.6 Å². The van der Waals surface area contributed by atoms with Gasteiger partial charge in [-0.15, -0.1) is 24.5 Å². The fraction of sp³-hybridized carbons (Fsp3) is 0.208. The number of thiophene rings is 1. The van der Waals surface area contributed by atoms with Crippen LogP contribution in [-0.4, -0.2) is 28.5 Å². The maximum Gasteiger partial charge on any atom is 0.573 e. The molecule has 8 nitrogen and oxygen atoms in total. The third-order valence-electron chi connectivity index (χ3n) is 5.32. The van der Waals surface area contributed by atoms with E-state index in [0.29, 0.717) is 16.1 Å². The Morgan fingerprint density at radius 1 is 1.03 bits per heavy atom. The van der Waals surface area contributed by atoms with E-state index in [9.17, 15) is 27.6 Å². The summed E-state index contributed by atoms with van der Waals surface area (Å²) in [5, 5.41) is 2.97. The maximum atomic E-state index is 13.1. The minimum atomic E-state index is -4.82. The molecule has 2 heterocycles. The van der Waals surface area contributed by atoms with Gasteiger partial charge in [-0.1, -0.05) is 24.3 Å². The summed E-state index contributed by atoms with van der Waals surface area (Å²) in [4.78, 5) is 39.3. The zero-order valence-electron chi connectivity index (χ0n) is 19.1. The van der Waals surface area contributed by atoms with Gasteiger partial charge in [0.15, 0.2) is 0 Å². The minimum Gasteiger partial charge on any atom is -0.497 e. The van der Waals surface area contributed by atoms with E-state index >= 15 is 0 Å². The summed E-state index contributed by atoms with van der Waals surface area (Å²) in [6.07, 6.45) is -4.82. The molecule has 0 aliphatic carbocycles. The van der Waals surface area contributed by atoms with E-state index in [1.807, 2.05) is 6.07 Å². The topological polar surface area (TPSA) is 91.6 Å². The Hall–Kier alpha value is -4.06. The monoisotopic (exact) mass is 519 g/mol. The first-order valence-electron chi connectivity index (χ1n) is 10.5. The number of carbonyl (C=O) groups excluding carboxylic acids is 1. The third kappa shape index (κ3) is 5.43. The molecule has 1 N–H and O–H groups in total. The van der Waals surface area contributed by atoms with Crippen molar-refractivity contribution in [2.45, 2.75) is 19.5 Å². The van der Waals surface area contributed by atoms with E-state index in [1.54, 1.807) is 25.3 Å². The number of aryl methyl sites for hydroxylation is 1. The minimum absolute atomic E-state index is 0.166. The largest absolute Gasteiger partial charge is 0.573 e. The lowest BCUT2D eigenvalue weighted by molar-refractivity contribution is -0.274. The molecule has 2 aromatic heterocycles. The van der Waals surface area contributed by atoms with Crippen LogP contribution in [0.25, 0.3) is 10.2 Å². The number of halogens is 3. The smallest absolute Gasteiger partial charge is 0.497 e. The van der Waals surface area contributed by atoms with Crippen molar-refractivity contribution in [2.75, 3.05) is 7.11 Å². The van der Waals surface area contributed by atoms with Crippen molar-refractivity contribution in [2.24, 2.45) is 7.05 Å². The van der Waals surface area contributed by atoms with Crippen molar-refractivity contribution in [3.8, 4) is 11.5 Å². The molecule has 188 valence electrons. The summed E-state index contributed by atoms with van der Waals surface area (Å²) in [6.45, 7) is 0.0719. The highest BCUT2D eigenvalue weighted by Gasteiger charge is 2.31. The van der Waals surface area contributed by atoms with Gasteiger partial charge in [0.05, 0.1) is 23.9 Å². The second-order valence-corrected chi connectivity index (χ2v) is 8.82. The zero-order valence-corrected chi connectivity index (χ0v) is 19.9. The molecule has 0 aliphatic rings. The molecular weight excluding hydrogens is 499 g/mol. The Morgan fingerprint density at radius 3 is 2.42 bits per heavy atom. The molecule has 2 aromatic carbocycles. The van der Waals surface area contributed by atoms with Gasteiger partial charge in [-0.3, -0.25) is 18.7 Å². The molecule has 0 unspecified atom stereocenters. The van der Waals surface area contributed by atoms with Gasteiger partial charge in [-0.05, 0) is 41.5 Å². The summed E-state index contributed by atoms with van der Waals surface area (Å²) < 4.78 is 48.3. The highest BCUT2D eigenvalue weighted by atomic mass is 32.1. The molecule has 4 aromatic rings. The molecule has 4 rings (SSSR count). The van der Waals surface area contributed by atoms with Crippen LogP contribution in [0, 0.1) is 0 Å². The van der Waals surface area contributed by atoms with E-state index in [4.69, 9.17) is 4.74 Å². The Balaban J connectivity index is 1.58. The van der Waals surface area contributed by atoms with Crippen LogP contribution in [-0.2, 0) is 20.1 Å². The summed E-state index contributed by atoms with van der Waals surface area (Å²) in [7, 11) is 3.03. The summed E-state index contributed by atoms with van der Waals surface area (Å²) >= 11 is 1.02. The number of hydrogen-bond acceptors (Lipinski definition) is 6. The molecule has 0 fully saturated rings. The highest BCUT2D eigenvalue weighted by molar-refractivity contribution is 7.20. The van der Waals surface area contributed by atoms with Crippen LogP contribution >= 0.6 is 11.3 Å². The lowest BCUT2D eigenvalue weighted by Crippen LogP contribution is -2.38. The SMILES string of the molecule is COc1cccc(CNC(=O)c2cc3c(=O)n(Cc4ccc(OC(F)(F)F)cc4)c(=O)n(C)c3s2)c1. The van der Waals surface area contributed by atoms with Crippen LogP contribution in [0.15, 0.2) is 64.2 Å². The van der Waals surface area contributed by atoms with Crippen molar-refractivity contribution in [3.05, 3.63) is 91.4 Å². The Kier molecular flexibility index (Phi) is 6.88. The normalized spacial score (nSPS) is 11.5. The molecule has 0 saturated heterocycles. The van der Waals surface area contributed by atoms with Gasteiger partial charge in [0.25, 0.3) is 11.5 Å². The number of nitrogens with zero attached hydrogens (tertiary/aromatic N) is 2. The number of ether oxygens (including phenoxy) is 2. The number of fused-ring (bicyclic) bond motifs is 1. The van der Waals surface area contributed by atoms with Crippen molar-refractivity contribution >= 4 is 27.5 Å². The van der Waals surface area contributed by atoms with Crippen LogP contribution in [0.4, 0.5) is 13.2 Å². The second kappa shape index (κ2) is 9.90. The first-order valence-corrected chi connectivity index (χ1v) is 11.4. The van der Waals surface area contributed by atoms with E-state index in [-0.39, 0.29) is 23.4 Å². The number of aromatic nitrogens is 2. The average molecular weight is 520 g/mol. The predicted octanol–water partition coefficient (Wildman–Crippen LogP) is 3.65. The summed E-state index contributed by atoms with van der Waals surface area (Å²) in [6, 6.07) is 13.5. The summed E-state index contributed by atoms with van der Waals surface area (Å²) in [5.41, 5.74) is 0.0277. The molecule has 0 aliphatic heterocycles. The molecule has 0 saturated carbocycles. The third-order valence-corrected chi connectivity index (χ3v) is 6.53. The average Bonchev–Trinajstić information content (AvgIpc) is 3.30. The Morgan fingerprint density at radius 2 is 1.75 bits per heavy atom. The van der Waals surface area contributed by atoms with Crippen LogP contribution in [0.5, 0.6) is 11.5 Å². The molecule has 0 radical (unpaired) electrons. The first-order chi connectivity index (χ1) is 17.1. The number of alkyl halides is 3. The molecule has 0 atom stereocenters. The number of carbonyl (C=O) groups is 1. The van der Waals surface area contributed by atoms with Crippen molar-refractivity contribution < 1.29 is 27.4 Å². The van der Waals surface area contributed by atoms with Gasteiger partial charge in [-0.2, -0.15) is 0 Å². The van der Waals surface area contributed by atoms with Gasteiger partial charge < -0.3 is 14.8 Å². The van der Waals surface area contributed by atoms with Crippen molar-refractivity contribution in [1.82, 2.24) is 14.5 Å². The lowest BCUT2D eigenvalue weighted by Gasteiger charge is -2.11. The summed E-state index contributed by atoms with van der Waals surface area (Å²) in [5.74, 6) is -0.163.